The van der Waals surface area contributed by atoms with Gasteiger partial charge in [0.05, 0.1) is 6.61 Å². The van der Waals surface area contributed by atoms with E-state index in [4.69, 9.17) is 4.42 Å². The van der Waals surface area contributed by atoms with Crippen molar-refractivity contribution in [3.63, 3.8) is 0 Å². The number of thioether (sulfide) groups is 1. The first-order valence-corrected chi connectivity index (χ1v) is 9.30. The maximum atomic E-state index is 12.5. The summed E-state index contributed by atoms with van der Waals surface area (Å²) < 4.78 is 33.0. The molecule has 1 aromatic heterocycles. The van der Waals surface area contributed by atoms with Gasteiger partial charge in [-0.25, -0.2) is 13.1 Å². The molecule has 0 amide bonds. The van der Waals surface area contributed by atoms with Crippen LogP contribution in [0.1, 0.15) is 36.3 Å². The lowest BCUT2D eigenvalue weighted by Crippen LogP contribution is -2.45. The van der Waals surface area contributed by atoms with Crippen LogP contribution in [-0.4, -0.2) is 31.1 Å². The van der Waals surface area contributed by atoms with E-state index in [1.807, 2.05) is 6.26 Å². The van der Waals surface area contributed by atoms with Gasteiger partial charge in [-0.2, -0.15) is 11.8 Å². The molecule has 20 heavy (non-hydrogen) atoms. The van der Waals surface area contributed by atoms with E-state index in [0.717, 1.165) is 19.3 Å². The smallest absolute Gasteiger partial charge is 0.244 e. The summed E-state index contributed by atoms with van der Waals surface area (Å²) in [6.07, 6.45) is 5.23. The average molecular weight is 319 g/mol. The Kier molecular flexibility index (Phi) is 4.53. The van der Waals surface area contributed by atoms with Gasteiger partial charge in [0.1, 0.15) is 16.4 Å². The van der Waals surface area contributed by atoms with E-state index >= 15 is 0 Å². The van der Waals surface area contributed by atoms with Crippen LogP contribution < -0.4 is 4.72 Å². The molecule has 2 N–H and O–H groups in total. The molecule has 0 spiro atoms. The molecule has 0 radical (unpaired) electrons. The summed E-state index contributed by atoms with van der Waals surface area (Å²) in [6, 6.07) is 0. The minimum atomic E-state index is -3.65. The van der Waals surface area contributed by atoms with Gasteiger partial charge < -0.3 is 9.52 Å². The maximum Gasteiger partial charge on any atom is 0.244 e. The van der Waals surface area contributed by atoms with E-state index < -0.39 is 10.0 Å². The first-order chi connectivity index (χ1) is 9.35. The Morgan fingerprint density at radius 1 is 1.35 bits per heavy atom. The van der Waals surface area contributed by atoms with Gasteiger partial charge in [0, 0.05) is 16.9 Å². The molecule has 7 heteroatoms. The van der Waals surface area contributed by atoms with Gasteiger partial charge in [0.2, 0.25) is 10.0 Å². The topological polar surface area (TPSA) is 79.5 Å². The number of aliphatic hydroxyl groups is 1. The molecule has 1 aromatic rings. The van der Waals surface area contributed by atoms with Gasteiger partial charge in [-0.15, -0.1) is 0 Å². The molecule has 1 saturated carbocycles. The summed E-state index contributed by atoms with van der Waals surface area (Å²) in [5.41, 5.74) is 0.349. The van der Waals surface area contributed by atoms with E-state index in [0.29, 0.717) is 23.6 Å². The molecule has 0 atom stereocenters. The number of rotatable bonds is 6. The monoisotopic (exact) mass is 319 g/mol. The molecule has 2 rings (SSSR count). The molecule has 0 aromatic carbocycles. The largest absolute Gasteiger partial charge is 0.465 e. The van der Waals surface area contributed by atoms with Crippen molar-refractivity contribution in [3.05, 3.63) is 17.1 Å². The minimum Gasteiger partial charge on any atom is -0.465 e. The van der Waals surface area contributed by atoms with Crippen LogP contribution in [-0.2, 0) is 16.6 Å². The zero-order valence-electron chi connectivity index (χ0n) is 12.0. The lowest BCUT2D eigenvalue weighted by molar-refractivity contribution is 0.276. The number of sulfonamides is 1. The Morgan fingerprint density at radius 3 is 2.45 bits per heavy atom. The highest BCUT2D eigenvalue weighted by molar-refractivity contribution is 8.00. The summed E-state index contributed by atoms with van der Waals surface area (Å²) in [7, 11) is -3.65. The second kappa shape index (κ2) is 5.71. The Hall–Kier alpha value is -0.500. The highest BCUT2D eigenvalue weighted by Crippen LogP contribution is 2.42. The SMILES string of the molecule is CSC1(CNS(=O)(=O)c2c(C)oc(C)c2CO)CCC1. The zero-order valence-corrected chi connectivity index (χ0v) is 13.7. The molecular formula is C13H21NO4S2. The van der Waals surface area contributed by atoms with Gasteiger partial charge in [0.15, 0.2) is 0 Å². The minimum absolute atomic E-state index is 0.0269. The van der Waals surface area contributed by atoms with E-state index in [2.05, 4.69) is 4.72 Å². The number of aliphatic hydroxyl groups excluding tert-OH is 1. The van der Waals surface area contributed by atoms with E-state index in [9.17, 15) is 13.5 Å². The van der Waals surface area contributed by atoms with Crippen LogP contribution >= 0.6 is 11.8 Å². The van der Waals surface area contributed by atoms with Crippen LogP contribution in [0.5, 0.6) is 0 Å². The highest BCUT2D eigenvalue weighted by Gasteiger charge is 2.38. The summed E-state index contributed by atoms with van der Waals surface area (Å²) in [5, 5.41) is 9.35. The van der Waals surface area contributed by atoms with Gasteiger partial charge in [0.25, 0.3) is 0 Å². The fourth-order valence-corrected chi connectivity index (χ4v) is 5.14. The number of hydrogen-bond acceptors (Lipinski definition) is 5. The molecule has 114 valence electrons. The normalized spacial score (nSPS) is 18.0. The average Bonchev–Trinajstić information content (AvgIpc) is 2.63. The second-order valence-corrected chi connectivity index (χ2v) is 8.22. The van der Waals surface area contributed by atoms with Crippen molar-refractivity contribution in [2.45, 2.75) is 49.4 Å². The molecule has 0 unspecified atom stereocenters. The Balaban J connectivity index is 2.23. The van der Waals surface area contributed by atoms with Gasteiger partial charge in [-0.3, -0.25) is 0 Å². The molecule has 0 saturated heterocycles. The number of aryl methyl sites for hydroxylation is 2. The molecule has 0 aliphatic heterocycles. The summed E-state index contributed by atoms with van der Waals surface area (Å²) >= 11 is 1.71. The van der Waals surface area contributed by atoms with Crippen LogP contribution in [0.3, 0.4) is 0 Å². The van der Waals surface area contributed by atoms with Gasteiger partial charge in [-0.1, -0.05) is 6.42 Å². The summed E-state index contributed by atoms with van der Waals surface area (Å²) in [4.78, 5) is 0.0908. The van der Waals surface area contributed by atoms with Crippen molar-refractivity contribution >= 4 is 21.8 Å². The summed E-state index contributed by atoms with van der Waals surface area (Å²) in [6.45, 7) is 3.35. The molecule has 5 nitrogen and oxygen atoms in total. The first kappa shape index (κ1) is 15.9. The second-order valence-electron chi connectivity index (χ2n) is 5.25. The van der Waals surface area contributed by atoms with Crippen LogP contribution in [0.2, 0.25) is 0 Å². The van der Waals surface area contributed by atoms with Crippen molar-refractivity contribution in [1.29, 1.82) is 0 Å². The molecule has 1 aliphatic rings. The summed E-state index contributed by atoms with van der Waals surface area (Å²) in [5.74, 6) is 0.777. The highest BCUT2D eigenvalue weighted by atomic mass is 32.2. The molecular weight excluding hydrogens is 298 g/mol. The Morgan fingerprint density at radius 2 is 2.00 bits per heavy atom. The number of furan rings is 1. The third kappa shape index (κ3) is 2.77. The Labute approximate surface area is 124 Å². The quantitative estimate of drug-likeness (QED) is 0.838. The van der Waals surface area contributed by atoms with Crippen LogP contribution in [0.4, 0.5) is 0 Å². The van der Waals surface area contributed by atoms with Crippen molar-refractivity contribution in [2.24, 2.45) is 0 Å². The van der Waals surface area contributed by atoms with Crippen LogP contribution in [0, 0.1) is 13.8 Å². The van der Waals surface area contributed by atoms with Crippen molar-refractivity contribution in [2.75, 3.05) is 12.8 Å². The van der Waals surface area contributed by atoms with E-state index in [1.165, 1.54) is 0 Å². The Bertz CT molecular complexity index is 582. The fraction of sp³-hybridized carbons (Fsp3) is 0.692. The maximum absolute atomic E-state index is 12.5. The number of hydrogen-bond donors (Lipinski definition) is 2. The molecule has 1 heterocycles. The van der Waals surface area contributed by atoms with Gasteiger partial charge in [-0.05, 0) is 32.9 Å². The zero-order chi connectivity index (χ0) is 15.0. The number of nitrogens with one attached hydrogen (secondary N) is 1. The predicted octanol–water partition coefficient (Wildman–Crippen LogP) is 1.95. The lowest BCUT2D eigenvalue weighted by Gasteiger charge is -2.40. The van der Waals surface area contributed by atoms with Crippen LogP contribution in [0.15, 0.2) is 9.31 Å². The molecule has 1 aliphatic carbocycles. The van der Waals surface area contributed by atoms with Crippen molar-refractivity contribution in [3.8, 4) is 0 Å². The third-order valence-electron chi connectivity index (χ3n) is 4.03. The third-order valence-corrected chi connectivity index (χ3v) is 7.05. The molecule has 0 bridgehead atoms. The van der Waals surface area contributed by atoms with Crippen molar-refractivity contribution in [1.82, 2.24) is 4.72 Å². The van der Waals surface area contributed by atoms with Crippen molar-refractivity contribution < 1.29 is 17.9 Å². The van der Waals surface area contributed by atoms with E-state index in [-0.39, 0.29) is 16.2 Å². The fourth-order valence-electron chi connectivity index (χ4n) is 2.57. The first-order valence-electron chi connectivity index (χ1n) is 6.60. The standard InChI is InChI=1S/C13H21NO4S2/c1-9-11(7-15)12(10(2)18-9)20(16,17)14-8-13(19-3)5-4-6-13/h14-15H,4-8H2,1-3H3. The van der Waals surface area contributed by atoms with Crippen LogP contribution in [0.25, 0.3) is 0 Å². The molecule has 1 fully saturated rings. The van der Waals surface area contributed by atoms with Gasteiger partial charge >= 0.3 is 0 Å². The predicted molar refractivity (Wildman–Crippen MR) is 79.4 cm³/mol. The van der Waals surface area contributed by atoms with E-state index in [1.54, 1.807) is 25.6 Å². The lowest BCUT2D eigenvalue weighted by atomic mass is 9.84.